The Hall–Kier alpha value is -1.18. The number of benzene rings is 1. The zero-order valence-electron chi connectivity index (χ0n) is 11.0. The SMILES string of the molecule is CCCCC[C@H](C#N)NS(=O)c1ccc(C)cc1. The van der Waals surface area contributed by atoms with Crippen molar-refractivity contribution in [3.05, 3.63) is 29.8 Å². The van der Waals surface area contributed by atoms with Gasteiger partial charge in [-0.25, -0.2) is 8.93 Å². The first-order valence-electron chi connectivity index (χ1n) is 6.31. The lowest BCUT2D eigenvalue weighted by molar-refractivity contribution is 0.594. The molecule has 0 radical (unpaired) electrons. The second kappa shape index (κ2) is 8.02. The molecular weight excluding hydrogens is 244 g/mol. The smallest absolute Gasteiger partial charge is 0.126 e. The first kappa shape index (κ1) is 14.9. The molecule has 0 aromatic heterocycles. The van der Waals surface area contributed by atoms with E-state index in [0.717, 1.165) is 36.1 Å². The normalized spacial score (nSPS) is 13.8. The van der Waals surface area contributed by atoms with Crippen molar-refractivity contribution >= 4 is 11.0 Å². The number of hydrogen-bond donors (Lipinski definition) is 1. The molecule has 3 nitrogen and oxygen atoms in total. The predicted molar refractivity (Wildman–Crippen MR) is 74.3 cm³/mol. The zero-order chi connectivity index (χ0) is 13.4. The standard InChI is InChI=1S/C14H20N2OS/c1-3-4-5-6-13(11-15)16-18(17)14-9-7-12(2)8-10-14/h7-10,13,16H,3-6H2,1-2H3/t13-,18?/m1/s1. The van der Waals surface area contributed by atoms with Crippen LogP contribution in [0.1, 0.15) is 38.2 Å². The highest BCUT2D eigenvalue weighted by molar-refractivity contribution is 7.83. The van der Waals surface area contributed by atoms with Crippen LogP contribution in [0.2, 0.25) is 0 Å². The highest BCUT2D eigenvalue weighted by atomic mass is 32.2. The van der Waals surface area contributed by atoms with E-state index in [1.807, 2.05) is 31.2 Å². The van der Waals surface area contributed by atoms with Crippen molar-refractivity contribution in [1.82, 2.24) is 4.72 Å². The number of nitrogens with zero attached hydrogens (tertiary/aromatic N) is 1. The van der Waals surface area contributed by atoms with E-state index >= 15 is 0 Å². The molecule has 0 spiro atoms. The summed E-state index contributed by atoms with van der Waals surface area (Å²) in [6, 6.07) is 9.35. The van der Waals surface area contributed by atoms with Gasteiger partial charge in [-0.3, -0.25) is 0 Å². The summed E-state index contributed by atoms with van der Waals surface area (Å²) < 4.78 is 14.9. The molecule has 0 fully saturated rings. The van der Waals surface area contributed by atoms with Gasteiger partial charge in [-0.1, -0.05) is 43.9 Å². The molecule has 1 unspecified atom stereocenters. The second-order valence-electron chi connectivity index (χ2n) is 4.38. The predicted octanol–water partition coefficient (Wildman–Crippen LogP) is 3.08. The van der Waals surface area contributed by atoms with E-state index in [1.165, 1.54) is 0 Å². The van der Waals surface area contributed by atoms with Crippen LogP contribution in [0, 0.1) is 18.3 Å². The molecule has 1 aromatic carbocycles. The summed E-state index contributed by atoms with van der Waals surface area (Å²) in [5.41, 5.74) is 1.13. The Balaban J connectivity index is 2.52. The van der Waals surface area contributed by atoms with Crippen molar-refractivity contribution in [2.45, 2.75) is 50.5 Å². The minimum Gasteiger partial charge on any atom is -0.237 e. The highest BCUT2D eigenvalue weighted by Gasteiger charge is 2.11. The Labute approximate surface area is 112 Å². The number of nitriles is 1. The van der Waals surface area contributed by atoms with Gasteiger partial charge in [-0.15, -0.1) is 0 Å². The fraction of sp³-hybridized carbons (Fsp3) is 0.500. The summed E-state index contributed by atoms with van der Waals surface area (Å²) in [4.78, 5) is 0.719. The molecular formula is C14H20N2OS. The van der Waals surface area contributed by atoms with Crippen LogP contribution in [0.5, 0.6) is 0 Å². The molecule has 1 aromatic rings. The maximum Gasteiger partial charge on any atom is 0.126 e. The maximum absolute atomic E-state index is 12.0. The van der Waals surface area contributed by atoms with Crippen molar-refractivity contribution in [2.24, 2.45) is 0 Å². The van der Waals surface area contributed by atoms with E-state index in [2.05, 4.69) is 17.7 Å². The minimum absolute atomic E-state index is 0.335. The molecule has 0 heterocycles. The maximum atomic E-state index is 12.0. The van der Waals surface area contributed by atoms with E-state index in [1.54, 1.807) is 0 Å². The van der Waals surface area contributed by atoms with Crippen LogP contribution in [-0.4, -0.2) is 10.3 Å². The van der Waals surface area contributed by atoms with Crippen molar-refractivity contribution < 1.29 is 4.21 Å². The summed E-state index contributed by atoms with van der Waals surface area (Å²) >= 11 is 0. The van der Waals surface area contributed by atoms with Crippen molar-refractivity contribution in [3.63, 3.8) is 0 Å². The third kappa shape index (κ3) is 4.99. The highest BCUT2D eigenvalue weighted by Crippen LogP contribution is 2.09. The third-order valence-electron chi connectivity index (χ3n) is 2.74. The van der Waals surface area contributed by atoms with E-state index in [0.29, 0.717) is 0 Å². The van der Waals surface area contributed by atoms with Gasteiger partial charge >= 0.3 is 0 Å². The van der Waals surface area contributed by atoms with Crippen LogP contribution >= 0.6 is 0 Å². The molecule has 1 N–H and O–H groups in total. The molecule has 0 amide bonds. The molecule has 0 aliphatic rings. The molecule has 18 heavy (non-hydrogen) atoms. The largest absolute Gasteiger partial charge is 0.237 e. The van der Waals surface area contributed by atoms with Crippen molar-refractivity contribution in [3.8, 4) is 6.07 Å². The summed E-state index contributed by atoms with van der Waals surface area (Å²) in [7, 11) is -1.30. The lowest BCUT2D eigenvalue weighted by Gasteiger charge is -2.10. The molecule has 0 bridgehead atoms. The van der Waals surface area contributed by atoms with Gasteiger partial charge < -0.3 is 0 Å². The number of aryl methyl sites for hydroxylation is 1. The number of nitrogens with one attached hydrogen (secondary N) is 1. The molecule has 4 heteroatoms. The van der Waals surface area contributed by atoms with E-state index in [9.17, 15) is 4.21 Å². The van der Waals surface area contributed by atoms with Crippen LogP contribution < -0.4 is 4.72 Å². The molecule has 2 atom stereocenters. The Bertz CT molecular complexity index is 422. The van der Waals surface area contributed by atoms with Gasteiger partial charge in [0.05, 0.1) is 11.0 Å². The van der Waals surface area contributed by atoms with Gasteiger partial charge in [-0.05, 0) is 25.5 Å². The topological polar surface area (TPSA) is 52.9 Å². The molecule has 1 rings (SSSR count). The van der Waals surface area contributed by atoms with Crippen LogP contribution in [0.3, 0.4) is 0 Å². The van der Waals surface area contributed by atoms with E-state index < -0.39 is 11.0 Å². The fourth-order valence-corrected chi connectivity index (χ4v) is 2.56. The lowest BCUT2D eigenvalue weighted by Crippen LogP contribution is -2.29. The van der Waals surface area contributed by atoms with Gasteiger partial charge in [0.25, 0.3) is 0 Å². The monoisotopic (exact) mass is 264 g/mol. The summed E-state index contributed by atoms with van der Waals surface area (Å²) in [5, 5.41) is 9.02. The van der Waals surface area contributed by atoms with E-state index in [4.69, 9.17) is 5.26 Å². The minimum atomic E-state index is -1.30. The Morgan fingerprint density at radius 2 is 2.00 bits per heavy atom. The number of rotatable bonds is 7. The number of unbranched alkanes of at least 4 members (excludes halogenated alkanes) is 2. The molecule has 0 aliphatic carbocycles. The van der Waals surface area contributed by atoms with Gasteiger partial charge in [0, 0.05) is 0 Å². The van der Waals surface area contributed by atoms with Crippen molar-refractivity contribution in [1.29, 1.82) is 5.26 Å². The quantitative estimate of drug-likeness (QED) is 0.769. The number of hydrogen-bond acceptors (Lipinski definition) is 2. The summed E-state index contributed by atoms with van der Waals surface area (Å²) in [6.07, 6.45) is 3.98. The van der Waals surface area contributed by atoms with E-state index in [-0.39, 0.29) is 6.04 Å². The molecule has 0 saturated carbocycles. The average Bonchev–Trinajstić information content (AvgIpc) is 2.38. The van der Waals surface area contributed by atoms with Crippen molar-refractivity contribution in [2.75, 3.05) is 0 Å². The van der Waals surface area contributed by atoms with Crippen LogP contribution in [-0.2, 0) is 11.0 Å². The van der Waals surface area contributed by atoms with Gasteiger partial charge in [0.15, 0.2) is 0 Å². The first-order valence-corrected chi connectivity index (χ1v) is 7.46. The third-order valence-corrected chi connectivity index (χ3v) is 3.94. The molecule has 0 saturated heterocycles. The zero-order valence-corrected chi connectivity index (χ0v) is 11.8. The lowest BCUT2D eigenvalue weighted by atomic mass is 10.1. The second-order valence-corrected chi connectivity index (χ2v) is 5.62. The van der Waals surface area contributed by atoms with Crippen LogP contribution in [0.25, 0.3) is 0 Å². The van der Waals surface area contributed by atoms with Crippen LogP contribution in [0.15, 0.2) is 29.2 Å². The average molecular weight is 264 g/mol. The summed E-state index contributed by atoms with van der Waals surface area (Å²) in [6.45, 7) is 4.11. The van der Waals surface area contributed by atoms with Gasteiger partial charge in [0.1, 0.15) is 17.0 Å². The van der Waals surface area contributed by atoms with Gasteiger partial charge in [-0.2, -0.15) is 5.26 Å². The van der Waals surface area contributed by atoms with Crippen LogP contribution in [0.4, 0.5) is 0 Å². The molecule has 0 aliphatic heterocycles. The first-order chi connectivity index (χ1) is 8.67. The summed E-state index contributed by atoms with van der Waals surface area (Å²) in [5.74, 6) is 0. The Morgan fingerprint density at radius 3 is 2.56 bits per heavy atom. The fourth-order valence-electron chi connectivity index (χ4n) is 1.61. The van der Waals surface area contributed by atoms with Gasteiger partial charge in [0.2, 0.25) is 0 Å². The molecule has 98 valence electrons. The Morgan fingerprint density at radius 1 is 1.33 bits per heavy atom. The Kier molecular flexibility index (Phi) is 6.63.